The number of rotatable bonds is 2. The van der Waals surface area contributed by atoms with Crippen LogP contribution in [0.25, 0.3) is 0 Å². The monoisotopic (exact) mass is 227 g/mol. The quantitative estimate of drug-likeness (QED) is 0.556. The van der Waals surface area contributed by atoms with Gasteiger partial charge in [0.2, 0.25) is 0 Å². The highest BCUT2D eigenvalue weighted by Crippen LogP contribution is 2.34. The Morgan fingerprint density at radius 3 is 2.27 bits per heavy atom. The Labute approximate surface area is 100 Å². The van der Waals surface area contributed by atoms with E-state index in [9.17, 15) is 0 Å². The number of thiol groups is 1. The normalized spacial score (nSPS) is 32.8. The summed E-state index contributed by atoms with van der Waals surface area (Å²) in [7, 11) is 0. The predicted octanol–water partition coefficient (Wildman–Crippen LogP) is 3.70. The van der Waals surface area contributed by atoms with Crippen molar-refractivity contribution < 1.29 is 0 Å². The van der Waals surface area contributed by atoms with E-state index in [1.807, 2.05) is 0 Å². The van der Waals surface area contributed by atoms with E-state index in [1.165, 1.54) is 57.9 Å². The largest absolute Gasteiger partial charge is 0.289 e. The highest BCUT2D eigenvalue weighted by Gasteiger charge is 2.33. The van der Waals surface area contributed by atoms with Gasteiger partial charge in [0.25, 0.3) is 0 Å². The molecule has 0 amide bonds. The smallest absolute Gasteiger partial charge is 0.0502 e. The molecule has 2 heteroatoms. The molecule has 0 spiro atoms. The Kier molecular flexibility index (Phi) is 4.39. The molecule has 0 N–H and O–H groups in total. The van der Waals surface area contributed by atoms with Crippen LogP contribution in [0.4, 0.5) is 0 Å². The summed E-state index contributed by atoms with van der Waals surface area (Å²) >= 11 is 4.62. The fourth-order valence-electron chi connectivity index (χ4n) is 3.48. The molecule has 0 bridgehead atoms. The van der Waals surface area contributed by atoms with E-state index < -0.39 is 0 Å². The van der Waals surface area contributed by atoms with Gasteiger partial charge >= 0.3 is 0 Å². The van der Waals surface area contributed by atoms with Crippen LogP contribution in [0.15, 0.2) is 0 Å². The highest BCUT2D eigenvalue weighted by atomic mass is 32.1. The Morgan fingerprint density at radius 1 is 1.00 bits per heavy atom. The first-order chi connectivity index (χ1) is 7.29. The van der Waals surface area contributed by atoms with Crippen molar-refractivity contribution in [2.24, 2.45) is 5.92 Å². The van der Waals surface area contributed by atoms with Crippen molar-refractivity contribution >= 4 is 12.6 Å². The lowest BCUT2D eigenvalue weighted by Crippen LogP contribution is -2.39. The van der Waals surface area contributed by atoms with Gasteiger partial charge in [0.15, 0.2) is 0 Å². The average Bonchev–Trinajstić information content (AvgIpc) is 2.55. The summed E-state index contributed by atoms with van der Waals surface area (Å²) < 4.78 is 0. The first-order valence-electron chi connectivity index (χ1n) is 6.73. The lowest BCUT2D eigenvalue weighted by Gasteiger charge is -2.33. The van der Waals surface area contributed by atoms with Gasteiger partial charge in [-0.3, -0.25) is 4.90 Å². The zero-order valence-electron chi connectivity index (χ0n) is 9.99. The van der Waals surface area contributed by atoms with Gasteiger partial charge in [-0.05, 0) is 45.1 Å². The topological polar surface area (TPSA) is 3.24 Å². The lowest BCUT2D eigenvalue weighted by molar-refractivity contribution is 0.171. The molecule has 2 rings (SSSR count). The second-order valence-electron chi connectivity index (χ2n) is 5.33. The third-order valence-electron chi connectivity index (χ3n) is 4.27. The Balaban J connectivity index is 1.95. The van der Waals surface area contributed by atoms with Crippen LogP contribution < -0.4 is 0 Å². The molecular weight excluding hydrogens is 202 g/mol. The van der Waals surface area contributed by atoms with Gasteiger partial charge in [-0.2, -0.15) is 12.6 Å². The Hall–Kier alpha value is 0.310. The SMILES string of the molecule is CC(S)N1CCCC1C1CCCCCC1. The minimum absolute atomic E-state index is 0.459. The van der Waals surface area contributed by atoms with Crippen LogP contribution in [0.2, 0.25) is 0 Å². The van der Waals surface area contributed by atoms with Crippen molar-refractivity contribution in [3.63, 3.8) is 0 Å². The fraction of sp³-hybridized carbons (Fsp3) is 1.00. The Morgan fingerprint density at radius 2 is 1.67 bits per heavy atom. The number of likely N-dealkylation sites (tertiary alicyclic amines) is 1. The zero-order chi connectivity index (χ0) is 10.7. The van der Waals surface area contributed by atoms with E-state index in [0.717, 1.165) is 12.0 Å². The van der Waals surface area contributed by atoms with Crippen LogP contribution >= 0.6 is 12.6 Å². The molecule has 88 valence electrons. The third kappa shape index (κ3) is 2.91. The van der Waals surface area contributed by atoms with Crippen LogP contribution in [0.1, 0.15) is 58.3 Å². The van der Waals surface area contributed by atoms with Gasteiger partial charge < -0.3 is 0 Å². The van der Waals surface area contributed by atoms with Crippen LogP contribution in [-0.4, -0.2) is 22.9 Å². The summed E-state index contributed by atoms with van der Waals surface area (Å²) in [6, 6.07) is 0.857. The minimum Gasteiger partial charge on any atom is -0.289 e. The number of hydrogen-bond acceptors (Lipinski definition) is 2. The maximum atomic E-state index is 4.62. The molecule has 1 heterocycles. The van der Waals surface area contributed by atoms with Gasteiger partial charge in [-0.15, -0.1) is 0 Å². The lowest BCUT2D eigenvalue weighted by atomic mass is 9.90. The molecule has 1 saturated carbocycles. The molecule has 0 aromatic rings. The van der Waals surface area contributed by atoms with Crippen LogP contribution in [-0.2, 0) is 0 Å². The molecule has 1 nitrogen and oxygen atoms in total. The maximum Gasteiger partial charge on any atom is 0.0502 e. The number of hydrogen-bond donors (Lipinski definition) is 1. The first-order valence-corrected chi connectivity index (χ1v) is 7.24. The third-order valence-corrected chi connectivity index (χ3v) is 4.56. The molecule has 1 saturated heterocycles. The predicted molar refractivity (Wildman–Crippen MR) is 69.4 cm³/mol. The van der Waals surface area contributed by atoms with Gasteiger partial charge in [0.05, 0.1) is 5.37 Å². The molecule has 1 aliphatic carbocycles. The standard InChI is InChI=1S/C13H25NS/c1-11(15)14-10-6-9-13(14)12-7-4-2-3-5-8-12/h11-13,15H,2-10H2,1H3. The van der Waals surface area contributed by atoms with E-state index in [2.05, 4.69) is 24.5 Å². The van der Waals surface area contributed by atoms with E-state index in [4.69, 9.17) is 0 Å². The fourth-order valence-corrected chi connectivity index (χ4v) is 3.77. The molecule has 0 radical (unpaired) electrons. The maximum absolute atomic E-state index is 4.62. The summed E-state index contributed by atoms with van der Waals surface area (Å²) in [5.74, 6) is 0.976. The molecule has 0 aromatic heterocycles. The van der Waals surface area contributed by atoms with Crippen molar-refractivity contribution in [3.8, 4) is 0 Å². The van der Waals surface area contributed by atoms with Crippen molar-refractivity contribution in [2.45, 2.75) is 69.7 Å². The van der Waals surface area contributed by atoms with Gasteiger partial charge in [0.1, 0.15) is 0 Å². The average molecular weight is 227 g/mol. The van der Waals surface area contributed by atoms with E-state index in [-0.39, 0.29) is 0 Å². The van der Waals surface area contributed by atoms with E-state index >= 15 is 0 Å². The first kappa shape index (κ1) is 11.8. The van der Waals surface area contributed by atoms with Crippen molar-refractivity contribution in [2.75, 3.05) is 6.54 Å². The van der Waals surface area contributed by atoms with E-state index in [1.54, 1.807) is 0 Å². The summed E-state index contributed by atoms with van der Waals surface area (Å²) in [6.45, 7) is 3.52. The summed E-state index contributed by atoms with van der Waals surface area (Å²) in [6.07, 6.45) is 11.6. The second-order valence-corrected chi connectivity index (χ2v) is 6.08. The molecule has 2 atom stereocenters. The Bertz CT molecular complexity index is 185. The van der Waals surface area contributed by atoms with Crippen molar-refractivity contribution in [1.29, 1.82) is 0 Å². The van der Waals surface area contributed by atoms with Gasteiger partial charge in [-0.25, -0.2) is 0 Å². The highest BCUT2D eigenvalue weighted by molar-refractivity contribution is 7.80. The summed E-state index contributed by atoms with van der Waals surface area (Å²) in [5, 5.41) is 0.459. The van der Waals surface area contributed by atoms with E-state index in [0.29, 0.717) is 5.37 Å². The van der Waals surface area contributed by atoms with Crippen LogP contribution in [0, 0.1) is 5.92 Å². The van der Waals surface area contributed by atoms with Crippen molar-refractivity contribution in [1.82, 2.24) is 4.90 Å². The summed E-state index contributed by atoms with van der Waals surface area (Å²) in [5.41, 5.74) is 0. The van der Waals surface area contributed by atoms with Gasteiger partial charge in [0, 0.05) is 6.04 Å². The van der Waals surface area contributed by atoms with Crippen molar-refractivity contribution in [3.05, 3.63) is 0 Å². The molecule has 15 heavy (non-hydrogen) atoms. The molecular formula is C13H25NS. The molecule has 2 fully saturated rings. The minimum atomic E-state index is 0.459. The molecule has 2 unspecified atom stereocenters. The molecule has 0 aromatic carbocycles. The van der Waals surface area contributed by atoms with Gasteiger partial charge in [-0.1, -0.05) is 25.7 Å². The van der Waals surface area contributed by atoms with Crippen LogP contribution in [0.3, 0.4) is 0 Å². The zero-order valence-corrected chi connectivity index (χ0v) is 10.9. The van der Waals surface area contributed by atoms with Crippen LogP contribution in [0.5, 0.6) is 0 Å². The summed E-state index contributed by atoms with van der Waals surface area (Å²) in [4.78, 5) is 2.64. The second kappa shape index (κ2) is 5.58. The number of nitrogens with zero attached hydrogens (tertiary/aromatic N) is 1. The molecule has 1 aliphatic heterocycles. The molecule has 2 aliphatic rings.